The number of aromatic nitrogens is 2. The van der Waals surface area contributed by atoms with Crippen LogP contribution in [0.4, 0.5) is 5.95 Å². The highest BCUT2D eigenvalue weighted by molar-refractivity contribution is 6.30. The maximum absolute atomic E-state index is 12.7. The zero-order valence-electron chi connectivity index (χ0n) is 13.8. The van der Waals surface area contributed by atoms with E-state index in [4.69, 9.17) is 11.6 Å². The Morgan fingerprint density at radius 1 is 1.00 bits per heavy atom. The maximum Gasteiger partial charge on any atom is 0.253 e. The first kappa shape index (κ1) is 16.0. The summed E-state index contributed by atoms with van der Waals surface area (Å²) in [5.74, 6) is 0.935. The molecule has 0 unspecified atom stereocenters. The van der Waals surface area contributed by atoms with Crippen LogP contribution < -0.4 is 4.90 Å². The number of carbonyl (C=O) groups excluding carboxylic acids is 1. The van der Waals surface area contributed by atoms with Crippen LogP contribution in [0.15, 0.2) is 48.5 Å². The minimum atomic E-state index is 0.0584. The number of anilines is 1. The summed E-state index contributed by atoms with van der Waals surface area (Å²) in [4.78, 5) is 24.9. The topological polar surface area (TPSA) is 52.2 Å². The van der Waals surface area contributed by atoms with E-state index >= 15 is 0 Å². The maximum atomic E-state index is 12.7. The highest BCUT2D eigenvalue weighted by atomic mass is 35.5. The van der Waals surface area contributed by atoms with Crippen LogP contribution in [0.5, 0.6) is 0 Å². The largest absolute Gasteiger partial charge is 0.341 e. The molecule has 1 N–H and O–H groups in total. The third kappa shape index (κ3) is 3.33. The molecule has 25 heavy (non-hydrogen) atoms. The number of hydrogen-bond donors (Lipinski definition) is 1. The van der Waals surface area contributed by atoms with E-state index in [1.807, 2.05) is 29.2 Å². The summed E-state index contributed by atoms with van der Waals surface area (Å²) in [5.41, 5.74) is 2.69. The van der Waals surface area contributed by atoms with Gasteiger partial charge < -0.3 is 14.8 Å². The Morgan fingerprint density at radius 2 is 1.80 bits per heavy atom. The van der Waals surface area contributed by atoms with Crippen LogP contribution in [-0.2, 0) is 0 Å². The lowest BCUT2D eigenvalue weighted by atomic mass is 10.2. The van der Waals surface area contributed by atoms with Crippen molar-refractivity contribution in [3.63, 3.8) is 0 Å². The number of nitrogens with zero attached hydrogens (tertiary/aromatic N) is 3. The zero-order chi connectivity index (χ0) is 17.2. The number of H-pyrrole nitrogens is 1. The second-order valence-electron chi connectivity index (χ2n) is 6.22. The molecular formula is C19H19ClN4O. The van der Waals surface area contributed by atoms with Gasteiger partial charge in [0, 0.05) is 36.8 Å². The highest BCUT2D eigenvalue weighted by Gasteiger charge is 2.21. The van der Waals surface area contributed by atoms with Crippen molar-refractivity contribution in [2.45, 2.75) is 6.42 Å². The van der Waals surface area contributed by atoms with Crippen molar-refractivity contribution < 1.29 is 4.79 Å². The number of amides is 1. The van der Waals surface area contributed by atoms with Crippen molar-refractivity contribution >= 4 is 34.5 Å². The Labute approximate surface area is 151 Å². The van der Waals surface area contributed by atoms with Crippen LogP contribution in [0.2, 0.25) is 5.02 Å². The second kappa shape index (κ2) is 6.76. The number of nitrogens with one attached hydrogen (secondary N) is 1. The number of rotatable bonds is 2. The van der Waals surface area contributed by atoms with Gasteiger partial charge in [-0.25, -0.2) is 4.98 Å². The average molecular weight is 355 g/mol. The molecule has 6 heteroatoms. The van der Waals surface area contributed by atoms with Crippen molar-refractivity contribution in [3.8, 4) is 0 Å². The number of halogens is 1. The molecule has 1 aromatic heterocycles. The summed E-state index contributed by atoms with van der Waals surface area (Å²) in [7, 11) is 0. The van der Waals surface area contributed by atoms with Crippen LogP contribution in [0.3, 0.4) is 0 Å². The summed E-state index contributed by atoms with van der Waals surface area (Å²) in [5, 5.41) is 0.642. The minimum Gasteiger partial charge on any atom is -0.341 e. The van der Waals surface area contributed by atoms with Crippen molar-refractivity contribution in [2.75, 3.05) is 31.1 Å². The van der Waals surface area contributed by atoms with Crippen LogP contribution in [0.25, 0.3) is 11.0 Å². The number of para-hydroxylation sites is 2. The van der Waals surface area contributed by atoms with Gasteiger partial charge in [-0.15, -0.1) is 0 Å². The van der Waals surface area contributed by atoms with E-state index in [9.17, 15) is 4.79 Å². The molecule has 0 aliphatic carbocycles. The molecule has 1 aliphatic rings. The fourth-order valence-corrected chi connectivity index (χ4v) is 3.32. The van der Waals surface area contributed by atoms with Gasteiger partial charge in [-0.3, -0.25) is 4.79 Å². The SMILES string of the molecule is O=C(c1ccc(Cl)cc1)N1CCCN(c2nc3ccccc3[nH]2)CC1. The summed E-state index contributed by atoms with van der Waals surface area (Å²) < 4.78 is 0. The Hall–Kier alpha value is -2.53. The molecule has 128 valence electrons. The van der Waals surface area contributed by atoms with Crippen LogP contribution >= 0.6 is 11.6 Å². The molecule has 4 rings (SSSR count). The molecule has 1 fully saturated rings. The lowest BCUT2D eigenvalue weighted by Gasteiger charge is -2.21. The standard InChI is InChI=1S/C19H19ClN4O/c20-15-8-6-14(7-9-15)18(25)23-10-3-11-24(13-12-23)19-21-16-4-1-2-5-17(16)22-19/h1-2,4-9H,3,10-13H2,(H,21,22). The second-order valence-corrected chi connectivity index (χ2v) is 6.65. The molecule has 0 spiro atoms. The van der Waals surface area contributed by atoms with E-state index in [0.717, 1.165) is 43.0 Å². The number of carbonyl (C=O) groups is 1. The highest BCUT2D eigenvalue weighted by Crippen LogP contribution is 2.19. The number of fused-ring (bicyclic) bond motifs is 1. The van der Waals surface area contributed by atoms with Gasteiger partial charge in [0.1, 0.15) is 0 Å². The van der Waals surface area contributed by atoms with Gasteiger partial charge in [0.25, 0.3) is 5.91 Å². The van der Waals surface area contributed by atoms with Crippen molar-refractivity contribution in [1.29, 1.82) is 0 Å². The third-order valence-corrected chi connectivity index (χ3v) is 4.80. The summed E-state index contributed by atoms with van der Waals surface area (Å²) in [6.45, 7) is 3.07. The minimum absolute atomic E-state index is 0.0584. The molecule has 0 bridgehead atoms. The van der Waals surface area contributed by atoms with Crippen molar-refractivity contribution in [2.24, 2.45) is 0 Å². The van der Waals surface area contributed by atoms with Gasteiger partial charge in [0.2, 0.25) is 5.95 Å². The molecule has 5 nitrogen and oxygen atoms in total. The van der Waals surface area contributed by atoms with Gasteiger partial charge in [0.15, 0.2) is 0 Å². The first-order chi connectivity index (χ1) is 12.2. The molecule has 1 aliphatic heterocycles. The van der Waals surface area contributed by atoms with Crippen LogP contribution in [0.1, 0.15) is 16.8 Å². The molecule has 3 aromatic rings. The van der Waals surface area contributed by atoms with Gasteiger partial charge in [-0.05, 0) is 42.8 Å². The normalized spacial score (nSPS) is 15.4. The van der Waals surface area contributed by atoms with Crippen molar-refractivity contribution in [3.05, 3.63) is 59.1 Å². The molecule has 0 radical (unpaired) electrons. The zero-order valence-corrected chi connectivity index (χ0v) is 14.5. The van der Waals surface area contributed by atoms with E-state index in [1.165, 1.54) is 0 Å². The van der Waals surface area contributed by atoms with Crippen molar-refractivity contribution in [1.82, 2.24) is 14.9 Å². The first-order valence-electron chi connectivity index (χ1n) is 8.45. The van der Waals surface area contributed by atoms with Gasteiger partial charge in [-0.2, -0.15) is 0 Å². The van der Waals surface area contributed by atoms with Gasteiger partial charge >= 0.3 is 0 Å². The Bertz CT molecular complexity index is 857. The van der Waals surface area contributed by atoms with E-state index < -0.39 is 0 Å². The molecule has 2 heterocycles. The van der Waals surface area contributed by atoms with Gasteiger partial charge in [-0.1, -0.05) is 23.7 Å². The van der Waals surface area contributed by atoms with E-state index in [2.05, 4.69) is 14.9 Å². The van der Waals surface area contributed by atoms with E-state index in [1.54, 1.807) is 24.3 Å². The Balaban J connectivity index is 1.48. The summed E-state index contributed by atoms with van der Waals surface area (Å²) >= 11 is 5.91. The fourth-order valence-electron chi connectivity index (χ4n) is 3.20. The predicted octanol–water partition coefficient (Wildman–Crippen LogP) is 3.57. The van der Waals surface area contributed by atoms with Gasteiger partial charge in [0.05, 0.1) is 11.0 Å². The van der Waals surface area contributed by atoms with E-state index in [-0.39, 0.29) is 5.91 Å². The predicted molar refractivity (Wildman–Crippen MR) is 100 cm³/mol. The number of imidazole rings is 1. The third-order valence-electron chi connectivity index (χ3n) is 4.55. The molecule has 2 aromatic carbocycles. The Morgan fingerprint density at radius 3 is 2.60 bits per heavy atom. The number of hydrogen-bond acceptors (Lipinski definition) is 3. The molecule has 1 amide bonds. The van der Waals surface area contributed by atoms with E-state index in [0.29, 0.717) is 17.1 Å². The lowest BCUT2D eigenvalue weighted by Crippen LogP contribution is -2.35. The molecule has 0 atom stereocenters. The molecule has 0 saturated carbocycles. The fraction of sp³-hybridized carbons (Fsp3) is 0.263. The molecule has 1 saturated heterocycles. The first-order valence-corrected chi connectivity index (χ1v) is 8.83. The summed E-state index contributed by atoms with van der Waals surface area (Å²) in [6.07, 6.45) is 0.913. The Kier molecular flexibility index (Phi) is 4.32. The number of benzene rings is 2. The molecular weight excluding hydrogens is 336 g/mol. The smallest absolute Gasteiger partial charge is 0.253 e. The van der Waals surface area contributed by atoms with Crippen LogP contribution in [-0.4, -0.2) is 47.0 Å². The summed E-state index contributed by atoms with van der Waals surface area (Å²) in [6, 6.07) is 15.1. The quantitative estimate of drug-likeness (QED) is 0.765. The number of aromatic amines is 1. The van der Waals surface area contributed by atoms with Crippen LogP contribution in [0, 0.1) is 0 Å². The monoisotopic (exact) mass is 354 g/mol. The lowest BCUT2D eigenvalue weighted by molar-refractivity contribution is 0.0767. The average Bonchev–Trinajstić information content (AvgIpc) is 2.91.